The Morgan fingerprint density at radius 2 is 1.42 bits per heavy atom. The van der Waals surface area contributed by atoms with Crippen molar-refractivity contribution in [2.75, 3.05) is 16.8 Å². The molecule has 6 nitrogen and oxygen atoms in total. The van der Waals surface area contributed by atoms with Crippen molar-refractivity contribution >= 4 is 34.8 Å². The molecule has 0 aliphatic carbocycles. The summed E-state index contributed by atoms with van der Waals surface area (Å²) in [5.74, 6) is 0.907. The molecule has 0 saturated heterocycles. The van der Waals surface area contributed by atoms with Crippen LogP contribution < -0.4 is 19.7 Å². The maximum absolute atomic E-state index is 12.9. The monoisotopic (exact) mass is 434 g/mol. The Kier molecular flexibility index (Phi) is 5.91. The molecule has 0 radical (unpaired) electrons. The highest BCUT2D eigenvalue weighted by Crippen LogP contribution is 2.31. The maximum atomic E-state index is 12.9. The van der Waals surface area contributed by atoms with Gasteiger partial charge >= 0.3 is 0 Å². The van der Waals surface area contributed by atoms with E-state index in [-0.39, 0.29) is 10.7 Å². The average Bonchev–Trinajstić information content (AvgIpc) is 3.00. The summed E-state index contributed by atoms with van der Waals surface area (Å²) in [6, 6.07) is 23.1. The Morgan fingerprint density at radius 1 is 0.806 bits per heavy atom. The van der Waals surface area contributed by atoms with Gasteiger partial charge in [0.25, 0.3) is 11.8 Å². The highest BCUT2D eigenvalue weighted by atomic mass is 35.5. The van der Waals surface area contributed by atoms with Crippen LogP contribution in [0.4, 0.5) is 11.4 Å². The Hall–Kier alpha value is -3.77. The summed E-state index contributed by atoms with van der Waals surface area (Å²) in [5, 5.41) is 2.79. The summed E-state index contributed by atoms with van der Waals surface area (Å²) in [5.41, 5.74) is 1.04. The minimum Gasteiger partial charge on any atom is -0.494 e. The third-order valence-electron chi connectivity index (χ3n) is 4.54. The van der Waals surface area contributed by atoms with Crippen LogP contribution in [0.25, 0.3) is 0 Å². The molecule has 2 amide bonds. The number of benzene rings is 3. The Morgan fingerprint density at radius 3 is 2.06 bits per heavy atom. The van der Waals surface area contributed by atoms with Crippen LogP contribution in [-0.4, -0.2) is 18.4 Å². The molecular weight excluding hydrogens is 416 g/mol. The number of hydrogen-bond donors (Lipinski definition) is 1. The normalized spacial score (nSPS) is 13.5. The largest absolute Gasteiger partial charge is 0.494 e. The fourth-order valence-electron chi connectivity index (χ4n) is 3.08. The van der Waals surface area contributed by atoms with Crippen LogP contribution in [0.2, 0.25) is 0 Å². The van der Waals surface area contributed by atoms with Gasteiger partial charge in [-0.1, -0.05) is 29.8 Å². The topological polar surface area (TPSA) is 67.9 Å². The highest BCUT2D eigenvalue weighted by Gasteiger charge is 2.38. The van der Waals surface area contributed by atoms with Crippen molar-refractivity contribution in [1.82, 2.24) is 0 Å². The predicted molar refractivity (Wildman–Crippen MR) is 120 cm³/mol. The molecule has 0 saturated carbocycles. The second kappa shape index (κ2) is 8.93. The van der Waals surface area contributed by atoms with Crippen LogP contribution in [0.15, 0.2) is 89.6 Å². The van der Waals surface area contributed by atoms with E-state index in [1.165, 1.54) is 0 Å². The molecule has 1 N–H and O–H groups in total. The highest BCUT2D eigenvalue weighted by molar-refractivity contribution is 6.53. The van der Waals surface area contributed by atoms with Gasteiger partial charge in [0.15, 0.2) is 0 Å². The van der Waals surface area contributed by atoms with Crippen molar-refractivity contribution in [1.29, 1.82) is 0 Å². The van der Waals surface area contributed by atoms with Crippen LogP contribution in [0.3, 0.4) is 0 Å². The number of carbonyl (C=O) groups excluding carboxylic acids is 2. The second-order valence-corrected chi connectivity index (χ2v) is 7.00. The fourth-order valence-corrected chi connectivity index (χ4v) is 3.29. The summed E-state index contributed by atoms with van der Waals surface area (Å²) in [6.45, 7) is 2.40. The predicted octanol–water partition coefficient (Wildman–Crippen LogP) is 5.31. The molecule has 0 atom stereocenters. The molecule has 7 heteroatoms. The molecule has 156 valence electrons. The van der Waals surface area contributed by atoms with E-state index in [9.17, 15) is 9.59 Å². The lowest BCUT2D eigenvalue weighted by molar-refractivity contribution is -0.120. The number of imide groups is 1. The number of nitrogens with zero attached hydrogens (tertiary/aromatic N) is 1. The van der Waals surface area contributed by atoms with Gasteiger partial charge in [-0.05, 0) is 67.6 Å². The molecule has 0 bridgehead atoms. The minimum atomic E-state index is -0.581. The average molecular weight is 435 g/mol. The first-order valence-electron chi connectivity index (χ1n) is 9.68. The van der Waals surface area contributed by atoms with Crippen molar-refractivity contribution in [3.05, 3.63) is 89.6 Å². The van der Waals surface area contributed by atoms with E-state index in [0.717, 1.165) is 10.6 Å². The zero-order chi connectivity index (χ0) is 21.8. The fraction of sp³-hybridized carbons (Fsp3) is 0.0833. The minimum absolute atomic E-state index is 0.0253. The first-order valence-corrected chi connectivity index (χ1v) is 10.1. The second-order valence-electron chi connectivity index (χ2n) is 6.63. The Bertz CT molecular complexity index is 1130. The van der Waals surface area contributed by atoms with E-state index in [2.05, 4.69) is 5.32 Å². The Labute approximate surface area is 184 Å². The van der Waals surface area contributed by atoms with Crippen molar-refractivity contribution in [3.8, 4) is 17.2 Å². The molecular formula is C24H19ClN2O4. The van der Waals surface area contributed by atoms with Gasteiger partial charge in [-0.2, -0.15) is 0 Å². The van der Waals surface area contributed by atoms with Gasteiger partial charge in [0, 0.05) is 5.69 Å². The summed E-state index contributed by atoms with van der Waals surface area (Å²) in [6.07, 6.45) is 0. The van der Waals surface area contributed by atoms with Gasteiger partial charge in [0.2, 0.25) is 0 Å². The number of nitrogens with one attached hydrogen (secondary N) is 1. The summed E-state index contributed by atoms with van der Waals surface area (Å²) < 4.78 is 11.2. The van der Waals surface area contributed by atoms with E-state index in [4.69, 9.17) is 21.1 Å². The maximum Gasteiger partial charge on any atom is 0.283 e. The number of rotatable bonds is 7. The Balaban J connectivity index is 1.48. The third kappa shape index (κ3) is 4.39. The van der Waals surface area contributed by atoms with Crippen LogP contribution >= 0.6 is 11.6 Å². The quantitative estimate of drug-likeness (QED) is 0.510. The summed E-state index contributed by atoms with van der Waals surface area (Å²) >= 11 is 6.19. The molecule has 3 aromatic carbocycles. The smallest absolute Gasteiger partial charge is 0.283 e. The van der Waals surface area contributed by atoms with Gasteiger partial charge in [-0.3, -0.25) is 9.59 Å². The SMILES string of the molecule is CCOc1ccc(N2C(=O)C(Cl)=C(Nc3ccc(Oc4ccccc4)cc3)C2=O)cc1. The van der Waals surface area contributed by atoms with Crippen LogP contribution in [-0.2, 0) is 9.59 Å². The number of amides is 2. The van der Waals surface area contributed by atoms with E-state index in [1.807, 2.05) is 37.3 Å². The molecule has 0 unspecified atom stereocenters. The first kappa shape index (κ1) is 20.5. The van der Waals surface area contributed by atoms with Crippen molar-refractivity contribution in [2.24, 2.45) is 0 Å². The molecule has 31 heavy (non-hydrogen) atoms. The zero-order valence-corrected chi connectivity index (χ0v) is 17.4. The van der Waals surface area contributed by atoms with Gasteiger partial charge < -0.3 is 14.8 Å². The van der Waals surface area contributed by atoms with Crippen LogP contribution in [0.1, 0.15) is 6.92 Å². The molecule has 4 rings (SSSR count). The van der Waals surface area contributed by atoms with E-state index < -0.39 is 11.8 Å². The number of para-hydroxylation sites is 1. The number of anilines is 2. The van der Waals surface area contributed by atoms with Crippen LogP contribution in [0, 0.1) is 0 Å². The number of hydrogen-bond acceptors (Lipinski definition) is 5. The van der Waals surface area contributed by atoms with Crippen molar-refractivity contribution in [2.45, 2.75) is 6.92 Å². The molecule has 3 aromatic rings. The lowest BCUT2D eigenvalue weighted by atomic mass is 10.2. The number of halogens is 1. The first-order chi connectivity index (χ1) is 15.1. The van der Waals surface area contributed by atoms with E-state index in [0.29, 0.717) is 29.5 Å². The van der Waals surface area contributed by atoms with Crippen molar-refractivity contribution < 1.29 is 19.1 Å². The molecule has 1 heterocycles. The van der Waals surface area contributed by atoms with Crippen molar-refractivity contribution in [3.63, 3.8) is 0 Å². The third-order valence-corrected chi connectivity index (χ3v) is 4.89. The standard InChI is InChI=1S/C24H19ClN2O4/c1-2-30-18-14-10-17(11-15-18)27-23(28)21(25)22(24(27)29)26-16-8-12-20(13-9-16)31-19-6-4-3-5-7-19/h3-15,26H,2H2,1H3. The summed E-state index contributed by atoms with van der Waals surface area (Å²) in [7, 11) is 0. The molecule has 0 spiro atoms. The van der Waals surface area contributed by atoms with Gasteiger partial charge in [-0.15, -0.1) is 0 Å². The molecule has 0 fully saturated rings. The molecule has 0 aromatic heterocycles. The summed E-state index contributed by atoms with van der Waals surface area (Å²) in [4.78, 5) is 26.5. The lowest BCUT2D eigenvalue weighted by Gasteiger charge is -2.15. The van der Waals surface area contributed by atoms with Gasteiger partial charge in [-0.25, -0.2) is 4.90 Å². The zero-order valence-electron chi connectivity index (χ0n) is 16.7. The number of ether oxygens (including phenoxy) is 2. The van der Waals surface area contributed by atoms with E-state index in [1.54, 1.807) is 48.5 Å². The van der Waals surface area contributed by atoms with Gasteiger partial charge in [0.1, 0.15) is 28.0 Å². The van der Waals surface area contributed by atoms with E-state index >= 15 is 0 Å². The van der Waals surface area contributed by atoms with Gasteiger partial charge in [0.05, 0.1) is 12.3 Å². The lowest BCUT2D eigenvalue weighted by Crippen LogP contribution is -2.32. The molecule has 1 aliphatic heterocycles. The van der Waals surface area contributed by atoms with Crippen LogP contribution in [0.5, 0.6) is 17.2 Å². The molecule has 1 aliphatic rings. The number of carbonyl (C=O) groups is 2.